The van der Waals surface area contributed by atoms with E-state index in [1.807, 2.05) is 26.0 Å². The molecule has 0 aliphatic carbocycles. The Bertz CT molecular complexity index is 626. The van der Waals surface area contributed by atoms with Crippen molar-refractivity contribution in [3.63, 3.8) is 0 Å². The first-order valence-corrected chi connectivity index (χ1v) is 6.86. The van der Waals surface area contributed by atoms with Gasteiger partial charge in [-0.05, 0) is 37.5 Å². The van der Waals surface area contributed by atoms with Gasteiger partial charge in [-0.1, -0.05) is 20.3 Å². The monoisotopic (exact) mass is 260 g/mol. The Morgan fingerprint density at radius 2 is 2.05 bits per heavy atom. The van der Waals surface area contributed by atoms with Crippen molar-refractivity contribution in [1.29, 1.82) is 0 Å². The topological polar surface area (TPSA) is 39.4 Å². The standard InChI is InChI=1S/C16H20O3/c1-4-6-9-18-14-8-7-13-12(5-2)10-15(17)19-16(13)11(14)3/h7-8,10H,4-6,9H2,1-3H3. The van der Waals surface area contributed by atoms with Crippen molar-refractivity contribution in [2.24, 2.45) is 0 Å². The van der Waals surface area contributed by atoms with E-state index in [0.717, 1.165) is 41.5 Å². The molecule has 102 valence electrons. The van der Waals surface area contributed by atoms with Gasteiger partial charge in [-0.2, -0.15) is 0 Å². The molecule has 0 spiro atoms. The average molecular weight is 260 g/mol. The molecule has 0 amide bonds. The van der Waals surface area contributed by atoms with Crippen LogP contribution >= 0.6 is 0 Å². The van der Waals surface area contributed by atoms with Crippen molar-refractivity contribution in [2.75, 3.05) is 6.61 Å². The summed E-state index contributed by atoms with van der Waals surface area (Å²) in [6, 6.07) is 5.51. The highest BCUT2D eigenvalue weighted by Gasteiger charge is 2.10. The number of unbranched alkanes of at least 4 members (excludes halogenated alkanes) is 1. The maximum atomic E-state index is 11.6. The lowest BCUT2D eigenvalue weighted by molar-refractivity contribution is 0.307. The predicted octanol–water partition coefficient (Wildman–Crippen LogP) is 3.84. The number of benzene rings is 1. The van der Waals surface area contributed by atoms with Crippen LogP contribution in [0, 0.1) is 6.92 Å². The number of aryl methyl sites for hydroxylation is 2. The van der Waals surface area contributed by atoms with Gasteiger partial charge in [0.25, 0.3) is 0 Å². The van der Waals surface area contributed by atoms with Gasteiger partial charge in [0.1, 0.15) is 11.3 Å². The highest BCUT2D eigenvalue weighted by molar-refractivity contribution is 5.84. The summed E-state index contributed by atoms with van der Waals surface area (Å²) in [5.74, 6) is 0.803. The quantitative estimate of drug-likeness (QED) is 0.605. The molecular weight excluding hydrogens is 240 g/mol. The molecule has 0 bridgehead atoms. The second kappa shape index (κ2) is 5.91. The third-order valence-corrected chi connectivity index (χ3v) is 3.33. The molecule has 0 fully saturated rings. The Labute approximate surface area is 113 Å². The van der Waals surface area contributed by atoms with E-state index >= 15 is 0 Å². The zero-order valence-electron chi connectivity index (χ0n) is 11.8. The van der Waals surface area contributed by atoms with Crippen molar-refractivity contribution in [1.82, 2.24) is 0 Å². The normalized spacial score (nSPS) is 10.9. The van der Waals surface area contributed by atoms with Gasteiger partial charge in [0.15, 0.2) is 0 Å². The molecule has 0 unspecified atom stereocenters. The maximum Gasteiger partial charge on any atom is 0.336 e. The second-order valence-electron chi connectivity index (χ2n) is 4.71. The van der Waals surface area contributed by atoms with Gasteiger partial charge < -0.3 is 9.15 Å². The molecule has 0 radical (unpaired) electrons. The minimum atomic E-state index is -0.293. The van der Waals surface area contributed by atoms with Crippen LogP contribution in [0.5, 0.6) is 5.75 Å². The van der Waals surface area contributed by atoms with Crippen LogP contribution in [0.3, 0.4) is 0 Å². The summed E-state index contributed by atoms with van der Waals surface area (Å²) in [7, 11) is 0. The van der Waals surface area contributed by atoms with E-state index < -0.39 is 0 Å². The molecule has 0 N–H and O–H groups in total. The van der Waals surface area contributed by atoms with Gasteiger partial charge in [-0.3, -0.25) is 0 Å². The van der Waals surface area contributed by atoms with Crippen molar-refractivity contribution in [2.45, 2.75) is 40.0 Å². The van der Waals surface area contributed by atoms with Gasteiger partial charge in [0, 0.05) is 17.0 Å². The molecule has 1 aromatic heterocycles. The van der Waals surface area contributed by atoms with Crippen molar-refractivity contribution >= 4 is 11.0 Å². The Balaban J connectivity index is 2.49. The first-order valence-electron chi connectivity index (χ1n) is 6.86. The number of fused-ring (bicyclic) bond motifs is 1. The molecule has 3 nitrogen and oxygen atoms in total. The summed E-state index contributed by atoms with van der Waals surface area (Å²) in [6.45, 7) is 6.80. The Morgan fingerprint density at radius 1 is 1.26 bits per heavy atom. The molecule has 0 atom stereocenters. The van der Waals surface area contributed by atoms with Gasteiger partial charge in [-0.15, -0.1) is 0 Å². The van der Waals surface area contributed by atoms with Gasteiger partial charge >= 0.3 is 5.63 Å². The molecule has 3 heteroatoms. The summed E-state index contributed by atoms with van der Waals surface area (Å²) < 4.78 is 11.1. The number of hydrogen-bond acceptors (Lipinski definition) is 3. The number of rotatable bonds is 5. The smallest absolute Gasteiger partial charge is 0.336 e. The van der Waals surface area contributed by atoms with Crippen LogP contribution in [0.2, 0.25) is 0 Å². The van der Waals surface area contributed by atoms with E-state index in [1.54, 1.807) is 6.07 Å². The fraction of sp³-hybridized carbons (Fsp3) is 0.438. The minimum Gasteiger partial charge on any atom is -0.493 e. The molecule has 0 saturated carbocycles. The van der Waals surface area contributed by atoms with Crippen LogP contribution in [-0.2, 0) is 6.42 Å². The van der Waals surface area contributed by atoms with Crippen LogP contribution in [0.4, 0.5) is 0 Å². The van der Waals surface area contributed by atoms with E-state index in [-0.39, 0.29) is 5.63 Å². The Hall–Kier alpha value is -1.77. The van der Waals surface area contributed by atoms with Crippen LogP contribution in [0.1, 0.15) is 37.8 Å². The summed E-state index contributed by atoms with van der Waals surface area (Å²) in [6.07, 6.45) is 2.94. The van der Waals surface area contributed by atoms with Crippen molar-refractivity contribution < 1.29 is 9.15 Å². The van der Waals surface area contributed by atoms with Gasteiger partial charge in [0.2, 0.25) is 0 Å². The highest BCUT2D eigenvalue weighted by Crippen LogP contribution is 2.28. The Morgan fingerprint density at radius 3 is 2.74 bits per heavy atom. The minimum absolute atomic E-state index is 0.293. The second-order valence-corrected chi connectivity index (χ2v) is 4.71. The maximum absolute atomic E-state index is 11.6. The Kier molecular flexibility index (Phi) is 4.25. The zero-order chi connectivity index (χ0) is 13.8. The third kappa shape index (κ3) is 2.80. The SMILES string of the molecule is CCCCOc1ccc2c(CC)cc(=O)oc2c1C. The molecule has 2 aromatic rings. The molecule has 1 heterocycles. The zero-order valence-corrected chi connectivity index (χ0v) is 11.8. The van der Waals surface area contributed by atoms with E-state index in [4.69, 9.17) is 9.15 Å². The lowest BCUT2D eigenvalue weighted by Gasteiger charge is -2.11. The first-order chi connectivity index (χ1) is 9.17. The van der Waals surface area contributed by atoms with Crippen LogP contribution < -0.4 is 10.4 Å². The molecular formula is C16H20O3. The van der Waals surface area contributed by atoms with Gasteiger partial charge in [-0.25, -0.2) is 4.79 Å². The third-order valence-electron chi connectivity index (χ3n) is 3.33. The number of ether oxygens (including phenoxy) is 1. The molecule has 1 aromatic carbocycles. The number of hydrogen-bond donors (Lipinski definition) is 0. The molecule has 2 rings (SSSR count). The first kappa shape index (κ1) is 13.7. The van der Waals surface area contributed by atoms with E-state index in [9.17, 15) is 4.79 Å². The van der Waals surface area contributed by atoms with Crippen molar-refractivity contribution in [3.8, 4) is 5.75 Å². The fourth-order valence-corrected chi connectivity index (χ4v) is 2.18. The van der Waals surface area contributed by atoms with Crippen LogP contribution in [-0.4, -0.2) is 6.61 Å². The summed E-state index contributed by atoms with van der Waals surface area (Å²) in [5.41, 5.74) is 2.28. The van der Waals surface area contributed by atoms with E-state index in [1.165, 1.54) is 0 Å². The molecule has 0 saturated heterocycles. The largest absolute Gasteiger partial charge is 0.493 e. The lowest BCUT2D eigenvalue weighted by atomic mass is 10.0. The van der Waals surface area contributed by atoms with E-state index in [2.05, 4.69) is 6.92 Å². The van der Waals surface area contributed by atoms with Crippen LogP contribution in [0.25, 0.3) is 11.0 Å². The van der Waals surface area contributed by atoms with Crippen LogP contribution in [0.15, 0.2) is 27.4 Å². The lowest BCUT2D eigenvalue weighted by Crippen LogP contribution is -2.03. The molecule has 0 aliphatic heterocycles. The molecule has 0 aliphatic rings. The summed E-state index contributed by atoms with van der Waals surface area (Å²) >= 11 is 0. The van der Waals surface area contributed by atoms with Crippen molar-refractivity contribution in [3.05, 3.63) is 39.7 Å². The van der Waals surface area contributed by atoms with E-state index in [0.29, 0.717) is 12.2 Å². The fourth-order valence-electron chi connectivity index (χ4n) is 2.18. The molecule has 19 heavy (non-hydrogen) atoms. The predicted molar refractivity (Wildman–Crippen MR) is 77.0 cm³/mol. The summed E-state index contributed by atoms with van der Waals surface area (Å²) in [5, 5.41) is 1.00. The summed E-state index contributed by atoms with van der Waals surface area (Å²) in [4.78, 5) is 11.6. The average Bonchev–Trinajstić information content (AvgIpc) is 2.41. The van der Waals surface area contributed by atoms with Gasteiger partial charge in [0.05, 0.1) is 6.61 Å². The highest BCUT2D eigenvalue weighted by atomic mass is 16.5.